The maximum Gasteiger partial charge on any atom is 0.241 e. The van der Waals surface area contributed by atoms with Crippen molar-refractivity contribution < 1.29 is 8.42 Å². The summed E-state index contributed by atoms with van der Waals surface area (Å²) in [6, 6.07) is 5.31. The zero-order chi connectivity index (χ0) is 14.0. The van der Waals surface area contributed by atoms with Gasteiger partial charge in [0.15, 0.2) is 0 Å². The van der Waals surface area contributed by atoms with Crippen molar-refractivity contribution in [3.8, 4) is 0 Å². The van der Waals surface area contributed by atoms with E-state index in [0.29, 0.717) is 17.2 Å². The van der Waals surface area contributed by atoms with E-state index >= 15 is 0 Å². The molecule has 0 amide bonds. The molecule has 0 aliphatic rings. The van der Waals surface area contributed by atoms with Gasteiger partial charge in [-0.05, 0) is 45.7 Å². The lowest BCUT2D eigenvalue weighted by molar-refractivity contribution is 0.441. The number of hydrogen-bond donors (Lipinski definition) is 1. The highest BCUT2D eigenvalue weighted by atomic mass is 35.5. The first-order valence-corrected chi connectivity index (χ1v) is 7.87. The van der Waals surface area contributed by atoms with E-state index in [1.807, 2.05) is 26.8 Å². The van der Waals surface area contributed by atoms with Crippen LogP contribution >= 0.6 is 11.6 Å². The molecule has 1 aromatic carbocycles. The van der Waals surface area contributed by atoms with Crippen LogP contribution in [0.25, 0.3) is 0 Å². The zero-order valence-corrected chi connectivity index (χ0v) is 12.8. The third kappa shape index (κ3) is 3.97. The Kier molecular flexibility index (Phi) is 4.81. The molecule has 0 heterocycles. The second-order valence-corrected chi connectivity index (χ2v) is 7.23. The third-order valence-electron chi connectivity index (χ3n) is 2.75. The van der Waals surface area contributed by atoms with E-state index in [-0.39, 0.29) is 0 Å². The van der Waals surface area contributed by atoms with E-state index in [1.54, 1.807) is 19.1 Å². The molecule has 18 heavy (non-hydrogen) atoms. The van der Waals surface area contributed by atoms with Gasteiger partial charge in [0.25, 0.3) is 0 Å². The fraction of sp³-hybridized carbons (Fsp3) is 0.538. The van der Waals surface area contributed by atoms with Gasteiger partial charge in [-0.3, -0.25) is 0 Å². The van der Waals surface area contributed by atoms with Gasteiger partial charge in [-0.2, -0.15) is 0 Å². The summed E-state index contributed by atoms with van der Waals surface area (Å²) in [4.78, 5) is 0.329. The number of rotatable bonds is 5. The second-order valence-electron chi connectivity index (χ2n) is 5.20. The molecule has 0 unspecified atom stereocenters. The van der Waals surface area contributed by atoms with Gasteiger partial charge >= 0.3 is 0 Å². The van der Waals surface area contributed by atoms with Crippen LogP contribution < -0.4 is 4.72 Å². The van der Waals surface area contributed by atoms with Gasteiger partial charge in [0.05, 0.1) is 4.90 Å². The van der Waals surface area contributed by atoms with E-state index in [2.05, 4.69) is 4.72 Å². The molecule has 0 aliphatic heterocycles. The van der Waals surface area contributed by atoms with Crippen LogP contribution in [0.2, 0.25) is 0 Å². The molecule has 0 saturated heterocycles. The molecule has 0 atom stereocenters. The van der Waals surface area contributed by atoms with Crippen molar-refractivity contribution in [3.05, 3.63) is 29.3 Å². The summed E-state index contributed by atoms with van der Waals surface area (Å²) in [6.45, 7) is 7.40. The Hall–Kier alpha value is -0.580. The number of sulfonamides is 1. The first-order chi connectivity index (χ1) is 8.18. The summed E-state index contributed by atoms with van der Waals surface area (Å²) < 4.78 is 27.3. The van der Waals surface area contributed by atoms with E-state index in [9.17, 15) is 8.42 Å². The SMILES string of the molecule is Cc1ccc(S(=O)(=O)NC(C)(C)CCCl)c(C)c1. The van der Waals surface area contributed by atoms with Gasteiger partial charge in [0, 0.05) is 11.4 Å². The smallest absolute Gasteiger partial charge is 0.207 e. The van der Waals surface area contributed by atoms with Crippen LogP contribution in [0.3, 0.4) is 0 Å². The fourth-order valence-electron chi connectivity index (χ4n) is 1.81. The highest BCUT2D eigenvalue weighted by Crippen LogP contribution is 2.20. The van der Waals surface area contributed by atoms with Crippen LogP contribution in [0.4, 0.5) is 0 Å². The summed E-state index contributed by atoms with van der Waals surface area (Å²) in [6.07, 6.45) is 0.582. The Morgan fingerprint density at radius 3 is 2.39 bits per heavy atom. The van der Waals surface area contributed by atoms with Gasteiger partial charge in [-0.15, -0.1) is 11.6 Å². The Morgan fingerprint density at radius 1 is 1.28 bits per heavy atom. The van der Waals surface area contributed by atoms with Crippen molar-refractivity contribution in [2.24, 2.45) is 0 Å². The van der Waals surface area contributed by atoms with Gasteiger partial charge in [-0.25, -0.2) is 13.1 Å². The summed E-state index contributed by atoms with van der Waals surface area (Å²) in [7, 11) is -3.50. The molecular formula is C13H20ClNO2S. The first kappa shape index (κ1) is 15.5. The van der Waals surface area contributed by atoms with Crippen molar-refractivity contribution in [2.45, 2.75) is 44.6 Å². The summed E-state index contributed by atoms with van der Waals surface area (Å²) in [5.41, 5.74) is 1.26. The van der Waals surface area contributed by atoms with E-state index in [4.69, 9.17) is 11.6 Å². The maximum atomic E-state index is 12.3. The molecule has 3 nitrogen and oxygen atoms in total. The number of benzene rings is 1. The van der Waals surface area contributed by atoms with Crippen LogP contribution in [-0.4, -0.2) is 19.8 Å². The highest BCUT2D eigenvalue weighted by Gasteiger charge is 2.26. The third-order valence-corrected chi connectivity index (χ3v) is 4.80. The Morgan fingerprint density at radius 2 is 1.89 bits per heavy atom. The molecule has 0 bridgehead atoms. The number of aryl methyl sites for hydroxylation is 2. The first-order valence-electron chi connectivity index (χ1n) is 5.85. The molecule has 0 fully saturated rings. The van der Waals surface area contributed by atoms with Gasteiger partial charge in [-0.1, -0.05) is 17.7 Å². The van der Waals surface area contributed by atoms with E-state index in [1.165, 1.54) is 0 Å². The topological polar surface area (TPSA) is 46.2 Å². The molecule has 0 aromatic heterocycles. The molecule has 102 valence electrons. The molecule has 0 saturated carbocycles. The van der Waals surface area contributed by atoms with E-state index in [0.717, 1.165) is 11.1 Å². The lowest BCUT2D eigenvalue weighted by Crippen LogP contribution is -2.43. The molecular weight excluding hydrogens is 270 g/mol. The van der Waals surface area contributed by atoms with Gasteiger partial charge < -0.3 is 0 Å². The monoisotopic (exact) mass is 289 g/mol. The number of halogens is 1. The lowest BCUT2D eigenvalue weighted by Gasteiger charge is -2.25. The molecule has 1 N–H and O–H groups in total. The molecule has 0 spiro atoms. The molecule has 1 aromatic rings. The quantitative estimate of drug-likeness (QED) is 0.847. The number of nitrogens with one attached hydrogen (secondary N) is 1. The van der Waals surface area contributed by atoms with Crippen LogP contribution in [0, 0.1) is 13.8 Å². The molecule has 0 aliphatic carbocycles. The van der Waals surface area contributed by atoms with Crippen molar-refractivity contribution in [1.82, 2.24) is 4.72 Å². The van der Waals surface area contributed by atoms with Crippen LogP contribution in [0.1, 0.15) is 31.4 Å². The fourth-order valence-corrected chi connectivity index (χ4v) is 3.95. The second kappa shape index (κ2) is 5.59. The van der Waals surface area contributed by atoms with Crippen molar-refractivity contribution in [3.63, 3.8) is 0 Å². The Bertz CT molecular complexity index is 524. The molecule has 5 heteroatoms. The lowest BCUT2D eigenvalue weighted by atomic mass is 10.0. The minimum absolute atomic E-state index is 0.329. The van der Waals surface area contributed by atoms with Crippen LogP contribution in [-0.2, 0) is 10.0 Å². The summed E-state index contributed by atoms with van der Waals surface area (Å²) >= 11 is 5.68. The highest BCUT2D eigenvalue weighted by molar-refractivity contribution is 7.89. The molecule has 0 radical (unpaired) electrons. The minimum Gasteiger partial charge on any atom is -0.207 e. The Balaban J connectivity index is 3.07. The summed E-state index contributed by atoms with van der Waals surface area (Å²) in [5.74, 6) is 0.419. The summed E-state index contributed by atoms with van der Waals surface area (Å²) in [5, 5.41) is 0. The predicted molar refractivity (Wildman–Crippen MR) is 75.7 cm³/mol. The van der Waals surface area contributed by atoms with Gasteiger partial charge in [0.1, 0.15) is 0 Å². The Labute approximate surface area is 115 Å². The average molecular weight is 290 g/mol. The van der Waals surface area contributed by atoms with Gasteiger partial charge in [0.2, 0.25) is 10.0 Å². The van der Waals surface area contributed by atoms with Crippen molar-refractivity contribution in [1.29, 1.82) is 0 Å². The number of hydrogen-bond acceptors (Lipinski definition) is 2. The maximum absolute atomic E-state index is 12.3. The van der Waals surface area contributed by atoms with Crippen LogP contribution in [0.15, 0.2) is 23.1 Å². The molecule has 1 rings (SSSR count). The van der Waals surface area contributed by atoms with Crippen LogP contribution in [0.5, 0.6) is 0 Å². The number of alkyl halides is 1. The zero-order valence-electron chi connectivity index (χ0n) is 11.2. The predicted octanol–water partition coefficient (Wildman–Crippen LogP) is 2.99. The minimum atomic E-state index is -3.50. The normalized spacial score (nSPS) is 12.7. The van der Waals surface area contributed by atoms with Crippen molar-refractivity contribution >= 4 is 21.6 Å². The van der Waals surface area contributed by atoms with E-state index < -0.39 is 15.6 Å². The van der Waals surface area contributed by atoms with Crippen molar-refractivity contribution in [2.75, 3.05) is 5.88 Å². The standard InChI is InChI=1S/C13H20ClNO2S/c1-10-5-6-12(11(2)9-10)18(16,17)15-13(3,4)7-8-14/h5-6,9,15H,7-8H2,1-4H3. The largest absolute Gasteiger partial charge is 0.241 e. The average Bonchev–Trinajstić information content (AvgIpc) is 2.14.